The van der Waals surface area contributed by atoms with Gasteiger partial charge in [-0.15, -0.1) is 24.0 Å². The molecule has 1 aliphatic heterocycles. The van der Waals surface area contributed by atoms with Crippen LogP contribution in [0.15, 0.2) is 4.99 Å². The molecule has 1 saturated carbocycles. The molecule has 3 N–H and O–H groups in total. The molecule has 0 aromatic carbocycles. The van der Waals surface area contributed by atoms with Crippen LogP contribution in [-0.2, 0) is 4.79 Å². The van der Waals surface area contributed by atoms with Gasteiger partial charge in [0.1, 0.15) is 0 Å². The van der Waals surface area contributed by atoms with Gasteiger partial charge in [0.25, 0.3) is 0 Å². The Bertz CT molecular complexity index is 316. The summed E-state index contributed by atoms with van der Waals surface area (Å²) in [5, 5.41) is 9.39. The van der Waals surface area contributed by atoms with E-state index in [0.29, 0.717) is 18.9 Å². The highest BCUT2D eigenvalue weighted by molar-refractivity contribution is 14.0. The molecule has 1 heterocycles. The van der Waals surface area contributed by atoms with Gasteiger partial charge in [-0.25, -0.2) is 0 Å². The molecule has 2 rings (SSSR count). The standard InChI is InChI=1S/C14H26N4O.HI/c19-13(11-12-5-2-1-3-6-12)15-9-10-18-14-16-7-4-8-17-14;/h12H,1-11H2,(H,15,19)(H2,16,17,18);1H. The third-order valence-electron chi connectivity index (χ3n) is 3.84. The second-order valence-corrected chi connectivity index (χ2v) is 5.50. The fourth-order valence-corrected chi connectivity index (χ4v) is 2.76. The monoisotopic (exact) mass is 394 g/mol. The first-order chi connectivity index (χ1) is 9.34. The summed E-state index contributed by atoms with van der Waals surface area (Å²) in [5.41, 5.74) is 0. The van der Waals surface area contributed by atoms with Gasteiger partial charge in [-0.2, -0.15) is 0 Å². The minimum atomic E-state index is 0. The molecule has 2 aliphatic rings. The number of hydrogen-bond donors (Lipinski definition) is 3. The van der Waals surface area contributed by atoms with E-state index in [1.807, 2.05) is 0 Å². The van der Waals surface area contributed by atoms with E-state index in [2.05, 4.69) is 20.9 Å². The highest BCUT2D eigenvalue weighted by atomic mass is 127. The second-order valence-electron chi connectivity index (χ2n) is 5.50. The van der Waals surface area contributed by atoms with E-state index in [1.165, 1.54) is 32.1 Å². The summed E-state index contributed by atoms with van der Waals surface area (Å²) in [6.45, 7) is 3.29. The molecule has 0 bridgehead atoms. The fourth-order valence-electron chi connectivity index (χ4n) is 2.76. The van der Waals surface area contributed by atoms with Gasteiger partial charge in [-0.3, -0.25) is 9.79 Å². The molecule has 1 aliphatic carbocycles. The van der Waals surface area contributed by atoms with Gasteiger partial charge in [0.15, 0.2) is 5.96 Å². The molecule has 5 nitrogen and oxygen atoms in total. The predicted octanol–water partition coefficient (Wildman–Crippen LogP) is 1.63. The summed E-state index contributed by atoms with van der Waals surface area (Å²) >= 11 is 0. The molecule has 0 saturated heterocycles. The molecule has 0 spiro atoms. The van der Waals surface area contributed by atoms with Crippen LogP contribution in [0.5, 0.6) is 0 Å². The molecule has 0 aromatic rings. The van der Waals surface area contributed by atoms with Crippen LogP contribution in [0.2, 0.25) is 0 Å². The fraction of sp³-hybridized carbons (Fsp3) is 0.857. The number of aliphatic imine (C=N–C) groups is 1. The third kappa shape index (κ3) is 6.76. The number of nitrogens with one attached hydrogen (secondary N) is 3. The number of nitrogens with zero attached hydrogens (tertiary/aromatic N) is 1. The molecule has 0 radical (unpaired) electrons. The Hall–Kier alpha value is -0.530. The maximum Gasteiger partial charge on any atom is 0.220 e. The first-order valence-electron chi connectivity index (χ1n) is 7.63. The summed E-state index contributed by atoms with van der Waals surface area (Å²) in [7, 11) is 0. The lowest BCUT2D eigenvalue weighted by molar-refractivity contribution is -0.122. The molecule has 0 aromatic heterocycles. The summed E-state index contributed by atoms with van der Waals surface area (Å²) < 4.78 is 0. The van der Waals surface area contributed by atoms with E-state index in [-0.39, 0.29) is 29.9 Å². The molecule has 20 heavy (non-hydrogen) atoms. The lowest BCUT2D eigenvalue weighted by Gasteiger charge is -2.21. The van der Waals surface area contributed by atoms with E-state index < -0.39 is 0 Å². The number of hydrogen-bond acceptors (Lipinski definition) is 4. The van der Waals surface area contributed by atoms with Gasteiger partial charge in [-0.1, -0.05) is 19.3 Å². The van der Waals surface area contributed by atoms with Crippen molar-refractivity contribution >= 4 is 35.8 Å². The smallest absolute Gasteiger partial charge is 0.220 e. The van der Waals surface area contributed by atoms with Gasteiger partial charge in [0.05, 0.1) is 0 Å². The minimum Gasteiger partial charge on any atom is -0.356 e. The average molecular weight is 394 g/mol. The Morgan fingerprint density at radius 2 is 2.00 bits per heavy atom. The SMILES string of the molecule is I.O=C(CC1CCCCC1)NCCNC1=NCCCN1. The van der Waals surface area contributed by atoms with Gasteiger partial charge < -0.3 is 16.0 Å². The van der Waals surface area contributed by atoms with Gasteiger partial charge in [0, 0.05) is 32.6 Å². The summed E-state index contributed by atoms with van der Waals surface area (Å²) in [5.74, 6) is 1.69. The highest BCUT2D eigenvalue weighted by Crippen LogP contribution is 2.25. The largest absolute Gasteiger partial charge is 0.356 e. The summed E-state index contributed by atoms with van der Waals surface area (Å²) in [4.78, 5) is 16.1. The van der Waals surface area contributed by atoms with Crippen molar-refractivity contribution in [2.45, 2.75) is 44.9 Å². The Balaban J connectivity index is 0.00000200. The van der Waals surface area contributed by atoms with Crippen LogP contribution in [0.1, 0.15) is 44.9 Å². The Kier molecular flexibility index (Phi) is 8.97. The van der Waals surface area contributed by atoms with Gasteiger partial charge in [0.2, 0.25) is 5.91 Å². The quantitative estimate of drug-likeness (QED) is 0.491. The second kappa shape index (κ2) is 10.2. The number of amides is 1. The highest BCUT2D eigenvalue weighted by Gasteiger charge is 2.16. The zero-order valence-corrected chi connectivity index (χ0v) is 14.4. The van der Waals surface area contributed by atoms with Crippen LogP contribution in [0.4, 0.5) is 0 Å². The molecule has 6 heteroatoms. The molecule has 116 valence electrons. The Labute approximate surface area is 138 Å². The van der Waals surface area contributed by atoms with Crippen molar-refractivity contribution in [3.05, 3.63) is 0 Å². The van der Waals surface area contributed by atoms with E-state index >= 15 is 0 Å². The van der Waals surface area contributed by atoms with Crippen LogP contribution in [0.3, 0.4) is 0 Å². The van der Waals surface area contributed by atoms with E-state index in [0.717, 1.165) is 32.0 Å². The van der Waals surface area contributed by atoms with Crippen LogP contribution in [0.25, 0.3) is 0 Å². The van der Waals surface area contributed by atoms with Gasteiger partial charge in [-0.05, 0) is 25.2 Å². The van der Waals surface area contributed by atoms with Crippen molar-refractivity contribution in [3.8, 4) is 0 Å². The number of rotatable bonds is 5. The van der Waals surface area contributed by atoms with Crippen LogP contribution in [0, 0.1) is 5.92 Å². The number of carbonyl (C=O) groups excluding carboxylic acids is 1. The lowest BCUT2D eigenvalue weighted by Crippen LogP contribution is -2.43. The van der Waals surface area contributed by atoms with Crippen molar-refractivity contribution in [1.29, 1.82) is 0 Å². The van der Waals surface area contributed by atoms with Crippen LogP contribution in [-0.4, -0.2) is 38.0 Å². The lowest BCUT2D eigenvalue weighted by atomic mass is 9.87. The van der Waals surface area contributed by atoms with Gasteiger partial charge >= 0.3 is 0 Å². The average Bonchev–Trinajstić information content (AvgIpc) is 2.46. The molecule has 0 atom stereocenters. The maximum absolute atomic E-state index is 11.8. The van der Waals surface area contributed by atoms with Crippen LogP contribution < -0.4 is 16.0 Å². The first-order valence-corrected chi connectivity index (χ1v) is 7.63. The maximum atomic E-state index is 11.8. The van der Waals surface area contributed by atoms with Crippen molar-refractivity contribution in [2.75, 3.05) is 26.2 Å². The number of carbonyl (C=O) groups is 1. The third-order valence-corrected chi connectivity index (χ3v) is 3.84. The van der Waals surface area contributed by atoms with Crippen molar-refractivity contribution in [2.24, 2.45) is 10.9 Å². The Morgan fingerprint density at radius 3 is 2.70 bits per heavy atom. The minimum absolute atomic E-state index is 0. The first kappa shape index (κ1) is 17.5. The Morgan fingerprint density at radius 1 is 1.20 bits per heavy atom. The zero-order chi connectivity index (χ0) is 13.3. The molecule has 1 fully saturated rings. The number of guanidine groups is 1. The summed E-state index contributed by atoms with van der Waals surface area (Å²) in [6.07, 6.45) is 8.20. The van der Waals surface area contributed by atoms with E-state index in [4.69, 9.17) is 0 Å². The van der Waals surface area contributed by atoms with Crippen molar-refractivity contribution in [3.63, 3.8) is 0 Å². The zero-order valence-electron chi connectivity index (χ0n) is 12.1. The molecular formula is C14H27IN4O. The number of halogens is 1. The normalized spacial score (nSPS) is 19.3. The van der Waals surface area contributed by atoms with E-state index in [9.17, 15) is 4.79 Å². The predicted molar refractivity (Wildman–Crippen MR) is 92.5 cm³/mol. The van der Waals surface area contributed by atoms with Crippen molar-refractivity contribution in [1.82, 2.24) is 16.0 Å². The van der Waals surface area contributed by atoms with E-state index in [1.54, 1.807) is 0 Å². The van der Waals surface area contributed by atoms with Crippen LogP contribution >= 0.6 is 24.0 Å². The topological polar surface area (TPSA) is 65.5 Å². The molecule has 0 unspecified atom stereocenters. The summed E-state index contributed by atoms with van der Waals surface area (Å²) in [6, 6.07) is 0. The molecular weight excluding hydrogens is 367 g/mol. The van der Waals surface area contributed by atoms with Crippen molar-refractivity contribution < 1.29 is 4.79 Å². The molecule has 1 amide bonds.